The van der Waals surface area contributed by atoms with Crippen LogP contribution in [0.5, 0.6) is 0 Å². The van der Waals surface area contributed by atoms with Crippen LogP contribution in [0.15, 0.2) is 587 Å². The normalized spacial score (nSPS) is 11.4. The molecule has 7 nitrogen and oxygen atoms in total. The maximum atomic E-state index is 6.60. The summed E-state index contributed by atoms with van der Waals surface area (Å²) in [7, 11) is 0. The maximum Gasteiger partial charge on any atom is 0.159 e. The van der Waals surface area contributed by atoms with Crippen LogP contribution in [0.2, 0.25) is 0 Å². The molecule has 692 valence electrons. The van der Waals surface area contributed by atoms with Gasteiger partial charge in [-0.25, -0.2) is 0 Å². The van der Waals surface area contributed by atoms with Crippen LogP contribution in [0.3, 0.4) is 0 Å². The van der Waals surface area contributed by atoms with Crippen molar-refractivity contribution in [1.29, 1.82) is 0 Å². The zero-order valence-electron chi connectivity index (χ0n) is 80.5. The third-order valence-corrected chi connectivity index (χ3v) is 28.7. The third kappa shape index (κ3) is 16.6. The first-order chi connectivity index (χ1) is 72.9. The highest BCUT2D eigenvalue weighted by atomic mass is 16.3. The summed E-state index contributed by atoms with van der Waals surface area (Å²) in [5.41, 5.74) is 36.6. The van der Waals surface area contributed by atoms with Gasteiger partial charge < -0.3 is 32.8 Å². The molecule has 0 aliphatic rings. The Balaban J connectivity index is 0.000000112. The van der Waals surface area contributed by atoms with Gasteiger partial charge in [-0.15, -0.1) is 0 Å². The first-order valence-corrected chi connectivity index (χ1v) is 50.2. The molecule has 4 heterocycles. The molecule has 7 heteroatoms. The van der Waals surface area contributed by atoms with Crippen LogP contribution in [0.25, 0.3) is 193 Å². The average Bonchev–Trinajstić information content (AvgIpc) is 1.55. The second-order valence-electron chi connectivity index (χ2n) is 37.4. The molecule has 0 radical (unpaired) electrons. The number of hydrogen-bond donors (Lipinski definition) is 0. The summed E-state index contributed by atoms with van der Waals surface area (Å²) in [6.45, 7) is 0. The summed E-state index contributed by atoms with van der Waals surface area (Å²) in [4.78, 5) is 7.03. The molecule has 4 aromatic heterocycles. The Morgan fingerprint density at radius 1 is 0.143 bits per heavy atom. The number of nitrogens with zero attached hydrogens (tertiary/aromatic N) is 6. The topological polar surface area (TPSA) is 37.6 Å². The molecule has 0 saturated heterocycles. The Morgan fingerprint density at radius 3 is 0.925 bits per heavy atom. The van der Waals surface area contributed by atoms with E-state index in [1.807, 2.05) is 12.1 Å². The smallest absolute Gasteiger partial charge is 0.159 e. The molecule has 0 N–H and O–H groups in total. The summed E-state index contributed by atoms with van der Waals surface area (Å²) in [5, 5.41) is 14.7. The highest BCUT2D eigenvalue weighted by Gasteiger charge is 2.26. The highest BCUT2D eigenvalue weighted by Crippen LogP contribution is 2.49. The monoisotopic (exact) mass is 1880 g/mol. The van der Waals surface area contributed by atoms with E-state index in [-0.39, 0.29) is 0 Å². The quantitative estimate of drug-likeness (QED) is 0.0803. The summed E-state index contributed by atoms with van der Waals surface area (Å²) in [6, 6.07) is 209. The van der Waals surface area contributed by atoms with Crippen molar-refractivity contribution in [3.63, 3.8) is 0 Å². The molecule has 147 heavy (non-hydrogen) atoms. The molecule has 0 amide bonds. The number of benzene rings is 24. The zero-order chi connectivity index (χ0) is 97.5. The number of rotatable bonds is 18. The fraction of sp³-hybridized carbons (Fsp3) is 0. The summed E-state index contributed by atoms with van der Waals surface area (Å²) in [5.74, 6) is 0. The summed E-state index contributed by atoms with van der Waals surface area (Å²) >= 11 is 0. The molecule has 28 aromatic rings. The Bertz CT molecular complexity index is 9650. The molecular formula is C140H96N6O. The van der Waals surface area contributed by atoms with Crippen LogP contribution in [0, 0.1) is 0 Å². The number of aromatic nitrogens is 3. The summed E-state index contributed by atoms with van der Waals surface area (Å²) in [6.07, 6.45) is 0. The Morgan fingerprint density at radius 2 is 0.429 bits per heavy atom. The van der Waals surface area contributed by atoms with Crippen LogP contribution in [0.1, 0.15) is 0 Å². The van der Waals surface area contributed by atoms with E-state index >= 15 is 0 Å². The van der Waals surface area contributed by atoms with E-state index in [0.717, 1.165) is 90.1 Å². The highest BCUT2D eigenvalue weighted by molar-refractivity contribution is 6.16. The van der Waals surface area contributed by atoms with E-state index in [1.54, 1.807) is 0 Å². The molecular weight excluding hydrogens is 1780 g/mol. The maximum absolute atomic E-state index is 6.60. The SMILES string of the molecule is c1ccc(-c2ccc(N(c3ccc4ccc5ccccc5c4c3)c3ccccc3-c3ccc4c(c3)c3ccccc3n4-c3ccccc3)cc2)cc1.c1ccc(-c2ccc(N(c3cccc(-c4ccc5c(c4)c4ccccc4n5-c4ccccc4)c3)c3cccc4c3oc3ccccc34)cc2)cc1.c1ccc(N(c2ccccc2)c2ccc(-c3ccc(-c4ccc5c(c4)c4ccccc4n5-c4ccccc4)cc3)cc2)cc1. The van der Waals surface area contributed by atoms with E-state index in [4.69, 9.17) is 4.42 Å². The standard InChI is InChI=1S/C50H34N2.C48H32N2O.C42H30N2/c1-3-13-35(14-4-1)36-25-29-41(30-26-36)51(42-31-27-38-24-23-37-15-7-8-18-43(37)46(38)34-42)48-21-11-9-19-44(48)39-28-32-50-47(33-39)45-20-10-12-22-49(45)52(50)40-16-5-2-6-17-40;1-3-13-33(14-4-1)34-25-28-38(29-26-34)49(46-23-12-21-42-41-20-8-10-24-47(41)51-48(42)46)39-18-11-15-35(31-39)36-27-30-45-43(32-36)40-19-7-9-22-44(40)50(45)37-16-5-2-6-17-37;1-4-12-35(13-5-1)43(36-14-6-2-7-15-36)38-27-24-32(25-28-38)31-20-22-33(23-21-31)34-26-29-42-40(30-34)39-18-10-11-19-41(39)44(42)37-16-8-3-9-17-37/h1-34H;1-32H;1-30H. The minimum absolute atomic E-state index is 0.867. The first kappa shape index (κ1) is 87.6. The summed E-state index contributed by atoms with van der Waals surface area (Å²) < 4.78 is 13.7. The van der Waals surface area contributed by atoms with Crippen molar-refractivity contribution in [2.75, 3.05) is 14.7 Å². The minimum Gasteiger partial charge on any atom is -0.454 e. The fourth-order valence-electron chi connectivity index (χ4n) is 21.8. The Hall–Kier alpha value is -19.6. The van der Waals surface area contributed by atoms with Crippen molar-refractivity contribution >= 4 is 160 Å². The molecule has 24 aromatic carbocycles. The van der Waals surface area contributed by atoms with E-state index in [2.05, 4.69) is 599 Å². The van der Waals surface area contributed by atoms with Gasteiger partial charge in [0.25, 0.3) is 0 Å². The van der Waals surface area contributed by atoms with E-state index in [9.17, 15) is 0 Å². The van der Waals surface area contributed by atoms with Gasteiger partial charge in [-0.05, 0) is 277 Å². The van der Waals surface area contributed by atoms with Crippen molar-refractivity contribution in [3.05, 3.63) is 582 Å². The predicted octanol–water partition coefficient (Wildman–Crippen LogP) is 39.0. The third-order valence-electron chi connectivity index (χ3n) is 28.7. The molecule has 0 atom stereocenters. The second kappa shape index (κ2) is 38.4. The van der Waals surface area contributed by atoms with Crippen LogP contribution < -0.4 is 14.7 Å². The largest absolute Gasteiger partial charge is 0.454 e. The number of furan rings is 1. The lowest BCUT2D eigenvalue weighted by Gasteiger charge is -2.28. The van der Waals surface area contributed by atoms with Crippen molar-refractivity contribution in [3.8, 4) is 83.8 Å². The molecule has 0 spiro atoms. The van der Waals surface area contributed by atoms with Crippen LogP contribution in [-0.2, 0) is 0 Å². The van der Waals surface area contributed by atoms with E-state index in [1.165, 1.54) is 154 Å². The molecule has 0 aliphatic carbocycles. The van der Waals surface area contributed by atoms with Crippen LogP contribution in [-0.4, -0.2) is 13.7 Å². The second-order valence-corrected chi connectivity index (χ2v) is 37.4. The van der Waals surface area contributed by atoms with E-state index < -0.39 is 0 Å². The van der Waals surface area contributed by atoms with Crippen molar-refractivity contribution < 1.29 is 4.42 Å². The van der Waals surface area contributed by atoms with Gasteiger partial charge in [0.1, 0.15) is 5.58 Å². The fourth-order valence-corrected chi connectivity index (χ4v) is 21.8. The number of para-hydroxylation sites is 11. The minimum atomic E-state index is 0.867. The lowest BCUT2D eigenvalue weighted by atomic mass is 9.98. The molecule has 0 bridgehead atoms. The van der Waals surface area contributed by atoms with Gasteiger partial charge in [0, 0.05) is 106 Å². The first-order valence-electron chi connectivity index (χ1n) is 50.2. The van der Waals surface area contributed by atoms with E-state index in [0.29, 0.717) is 0 Å². The van der Waals surface area contributed by atoms with Crippen molar-refractivity contribution in [1.82, 2.24) is 13.7 Å². The zero-order valence-corrected chi connectivity index (χ0v) is 80.5. The number of anilines is 9. The van der Waals surface area contributed by atoms with Gasteiger partial charge >= 0.3 is 0 Å². The molecule has 0 unspecified atom stereocenters. The lowest BCUT2D eigenvalue weighted by Crippen LogP contribution is -2.11. The van der Waals surface area contributed by atoms with Gasteiger partial charge in [0.05, 0.1) is 44.5 Å². The Labute approximate surface area is 853 Å². The molecule has 0 fully saturated rings. The predicted molar refractivity (Wildman–Crippen MR) is 621 cm³/mol. The number of fused-ring (bicyclic) bond motifs is 15. The van der Waals surface area contributed by atoms with Crippen LogP contribution >= 0.6 is 0 Å². The molecule has 0 saturated carbocycles. The van der Waals surface area contributed by atoms with Gasteiger partial charge in [-0.2, -0.15) is 0 Å². The van der Waals surface area contributed by atoms with Crippen molar-refractivity contribution in [2.45, 2.75) is 0 Å². The van der Waals surface area contributed by atoms with Crippen molar-refractivity contribution in [2.24, 2.45) is 0 Å². The Kier molecular flexibility index (Phi) is 22.9. The van der Waals surface area contributed by atoms with Gasteiger partial charge in [0.2, 0.25) is 0 Å². The van der Waals surface area contributed by atoms with Gasteiger partial charge in [-0.3, -0.25) is 0 Å². The molecule has 0 aliphatic heterocycles. The molecule has 28 rings (SSSR count). The average molecular weight is 1880 g/mol. The van der Waals surface area contributed by atoms with Gasteiger partial charge in [0.15, 0.2) is 5.58 Å². The lowest BCUT2D eigenvalue weighted by molar-refractivity contribution is 0.669. The number of hydrogen-bond acceptors (Lipinski definition) is 4. The van der Waals surface area contributed by atoms with Crippen LogP contribution in [0.4, 0.5) is 51.2 Å². The van der Waals surface area contributed by atoms with Gasteiger partial charge in [-0.1, -0.05) is 388 Å².